The molecule has 10 heteroatoms. The molecule has 1 atom stereocenters. The number of nitrogens with one attached hydrogen (secondary N) is 1. The smallest absolute Gasteiger partial charge is 0.257 e. The van der Waals surface area contributed by atoms with Gasteiger partial charge in [0.2, 0.25) is 11.0 Å². The highest BCUT2D eigenvalue weighted by Crippen LogP contribution is 2.39. The fourth-order valence-electron chi connectivity index (χ4n) is 3.16. The predicted octanol–water partition coefficient (Wildman–Crippen LogP) is 5.72. The lowest BCUT2D eigenvalue weighted by atomic mass is 10.1. The van der Waals surface area contributed by atoms with Crippen molar-refractivity contribution in [3.8, 4) is 0 Å². The van der Waals surface area contributed by atoms with Crippen molar-refractivity contribution in [1.29, 1.82) is 0 Å². The number of anilines is 1. The van der Waals surface area contributed by atoms with Crippen molar-refractivity contribution in [3.63, 3.8) is 0 Å². The number of hydrogen-bond donors (Lipinski definition) is 1. The van der Waals surface area contributed by atoms with Gasteiger partial charge in [0.25, 0.3) is 5.91 Å². The number of rotatable bonds is 8. The van der Waals surface area contributed by atoms with Crippen LogP contribution >= 0.6 is 46.5 Å². The summed E-state index contributed by atoms with van der Waals surface area (Å²) in [7, 11) is 0. The van der Waals surface area contributed by atoms with Crippen LogP contribution in [0.5, 0.6) is 0 Å². The molecule has 3 aromatic rings. The van der Waals surface area contributed by atoms with Gasteiger partial charge in [0.15, 0.2) is 4.34 Å². The largest absolute Gasteiger partial charge is 0.322 e. The lowest BCUT2D eigenvalue weighted by molar-refractivity contribution is -0.128. The highest BCUT2D eigenvalue weighted by atomic mass is 35.5. The predicted molar refractivity (Wildman–Crippen MR) is 133 cm³/mol. The normalized spacial score (nSPS) is 15.9. The van der Waals surface area contributed by atoms with Gasteiger partial charge in [0.05, 0.1) is 5.75 Å². The molecule has 2 amide bonds. The van der Waals surface area contributed by atoms with Gasteiger partial charge in [0, 0.05) is 22.9 Å². The van der Waals surface area contributed by atoms with E-state index >= 15 is 0 Å². The second-order valence-corrected chi connectivity index (χ2v) is 10.9. The molecule has 1 fully saturated rings. The van der Waals surface area contributed by atoms with E-state index in [9.17, 15) is 9.59 Å². The van der Waals surface area contributed by atoms with Gasteiger partial charge < -0.3 is 4.90 Å². The number of amides is 2. The molecule has 2 aromatic carbocycles. The Hall–Kier alpha value is -2.07. The van der Waals surface area contributed by atoms with Crippen LogP contribution in [0.15, 0.2) is 52.9 Å². The monoisotopic (exact) mass is 504 g/mol. The number of nitrogens with zero attached hydrogens (tertiary/aromatic N) is 3. The molecule has 0 radical (unpaired) electrons. The average molecular weight is 505 g/mol. The maximum absolute atomic E-state index is 12.6. The van der Waals surface area contributed by atoms with Crippen LogP contribution in [0, 0.1) is 0 Å². The van der Waals surface area contributed by atoms with Crippen molar-refractivity contribution >= 4 is 63.4 Å². The Balaban J connectivity index is 1.41. The van der Waals surface area contributed by atoms with Crippen LogP contribution in [0.3, 0.4) is 0 Å². The standard InChI is InChI=1S/C22H21ClN4O2S3/c1-2-11-30-22-26-25-21(32-22)24-19(29)15-5-7-16(8-6-15)20-27(18(28)13-31-20)12-14-3-9-17(23)10-4-14/h3-10,20H,2,11-13H2,1H3,(H,24,25,29). The van der Waals surface area contributed by atoms with Gasteiger partial charge in [0.1, 0.15) is 5.37 Å². The SMILES string of the molecule is CCCSc1nnc(NC(=O)c2ccc(C3SCC(=O)N3Cc3ccc(Cl)cc3)cc2)s1. The zero-order chi connectivity index (χ0) is 22.5. The van der Waals surface area contributed by atoms with E-state index in [4.69, 9.17) is 11.6 Å². The van der Waals surface area contributed by atoms with Crippen LogP contribution in [-0.2, 0) is 11.3 Å². The number of thioether (sulfide) groups is 2. The highest BCUT2D eigenvalue weighted by Gasteiger charge is 2.32. The number of halogens is 1. The number of carbonyl (C=O) groups is 2. The molecule has 2 heterocycles. The lowest BCUT2D eigenvalue weighted by Gasteiger charge is -2.24. The van der Waals surface area contributed by atoms with Crippen LogP contribution in [-0.4, -0.2) is 38.4 Å². The molecule has 0 saturated carbocycles. The summed E-state index contributed by atoms with van der Waals surface area (Å²) < 4.78 is 0.848. The van der Waals surface area contributed by atoms with Crippen molar-refractivity contribution < 1.29 is 9.59 Å². The van der Waals surface area contributed by atoms with Crippen LogP contribution < -0.4 is 5.32 Å². The van der Waals surface area contributed by atoms with E-state index in [1.54, 1.807) is 35.7 Å². The molecule has 6 nitrogen and oxygen atoms in total. The molecule has 1 aromatic heterocycles. The zero-order valence-corrected chi connectivity index (χ0v) is 20.5. The third kappa shape index (κ3) is 5.64. The van der Waals surface area contributed by atoms with Crippen molar-refractivity contribution in [2.75, 3.05) is 16.8 Å². The van der Waals surface area contributed by atoms with E-state index < -0.39 is 0 Å². The average Bonchev–Trinajstić information content (AvgIpc) is 3.40. The van der Waals surface area contributed by atoms with Gasteiger partial charge in [-0.2, -0.15) is 0 Å². The Bertz CT molecular complexity index is 1090. The van der Waals surface area contributed by atoms with E-state index in [2.05, 4.69) is 22.4 Å². The summed E-state index contributed by atoms with van der Waals surface area (Å²) >= 11 is 10.6. The van der Waals surface area contributed by atoms with Crippen LogP contribution in [0.4, 0.5) is 5.13 Å². The molecule has 1 aliphatic rings. The fraction of sp³-hybridized carbons (Fsp3) is 0.273. The molecular formula is C22H21ClN4O2S3. The Morgan fingerprint density at radius 1 is 1.19 bits per heavy atom. The summed E-state index contributed by atoms with van der Waals surface area (Å²) in [5.74, 6) is 1.29. The Labute approximate surface area is 204 Å². The molecule has 166 valence electrons. The molecular weight excluding hydrogens is 484 g/mol. The van der Waals surface area contributed by atoms with E-state index in [1.807, 2.05) is 41.3 Å². The summed E-state index contributed by atoms with van der Waals surface area (Å²) in [5, 5.41) is 12.0. The number of benzene rings is 2. The molecule has 32 heavy (non-hydrogen) atoms. The minimum absolute atomic E-state index is 0.0865. The van der Waals surface area contributed by atoms with Crippen LogP contribution in [0.25, 0.3) is 0 Å². The zero-order valence-electron chi connectivity index (χ0n) is 17.3. The van der Waals surface area contributed by atoms with Crippen LogP contribution in [0.1, 0.15) is 40.2 Å². The number of carbonyl (C=O) groups excluding carboxylic acids is 2. The quantitative estimate of drug-likeness (QED) is 0.312. The van der Waals surface area contributed by atoms with Gasteiger partial charge >= 0.3 is 0 Å². The number of hydrogen-bond acceptors (Lipinski definition) is 7. The minimum Gasteiger partial charge on any atom is -0.322 e. The second-order valence-electron chi connectivity index (χ2n) is 7.11. The first-order valence-corrected chi connectivity index (χ1v) is 13.3. The third-order valence-corrected chi connectivity index (χ3v) is 8.43. The van der Waals surface area contributed by atoms with Gasteiger partial charge in [-0.1, -0.05) is 65.9 Å². The van der Waals surface area contributed by atoms with E-state index in [0.29, 0.717) is 28.0 Å². The second kappa shape index (κ2) is 10.7. The summed E-state index contributed by atoms with van der Waals surface area (Å²) in [6.07, 6.45) is 1.06. The molecule has 0 aliphatic carbocycles. The van der Waals surface area contributed by atoms with Crippen molar-refractivity contribution in [1.82, 2.24) is 15.1 Å². The fourth-order valence-corrected chi connectivity index (χ4v) is 6.15. The van der Waals surface area contributed by atoms with Gasteiger partial charge in [-0.15, -0.1) is 22.0 Å². The summed E-state index contributed by atoms with van der Waals surface area (Å²) in [6, 6.07) is 14.9. The molecule has 1 unspecified atom stereocenters. The van der Waals surface area contributed by atoms with Gasteiger partial charge in [-0.25, -0.2) is 0 Å². The first kappa shape index (κ1) is 23.1. The van der Waals surface area contributed by atoms with Crippen molar-refractivity contribution in [3.05, 3.63) is 70.2 Å². The lowest BCUT2D eigenvalue weighted by Crippen LogP contribution is -2.27. The summed E-state index contributed by atoms with van der Waals surface area (Å²) in [6.45, 7) is 2.63. The Morgan fingerprint density at radius 3 is 2.66 bits per heavy atom. The number of aromatic nitrogens is 2. The minimum atomic E-state index is -0.229. The maximum Gasteiger partial charge on any atom is 0.257 e. The molecule has 1 N–H and O–H groups in total. The maximum atomic E-state index is 12.6. The van der Waals surface area contributed by atoms with Gasteiger partial charge in [-0.05, 0) is 41.8 Å². The van der Waals surface area contributed by atoms with E-state index in [-0.39, 0.29) is 17.2 Å². The Morgan fingerprint density at radius 2 is 1.94 bits per heavy atom. The van der Waals surface area contributed by atoms with Crippen LogP contribution in [0.2, 0.25) is 5.02 Å². The topological polar surface area (TPSA) is 75.2 Å². The highest BCUT2D eigenvalue weighted by molar-refractivity contribution is 8.01. The first-order chi connectivity index (χ1) is 15.5. The molecule has 0 bridgehead atoms. The van der Waals surface area contributed by atoms with Gasteiger partial charge in [-0.3, -0.25) is 14.9 Å². The summed E-state index contributed by atoms with van der Waals surface area (Å²) in [5.41, 5.74) is 2.55. The molecule has 1 saturated heterocycles. The first-order valence-electron chi connectivity index (χ1n) is 10.1. The third-order valence-electron chi connectivity index (χ3n) is 4.75. The van der Waals surface area contributed by atoms with E-state index in [0.717, 1.165) is 27.6 Å². The summed E-state index contributed by atoms with van der Waals surface area (Å²) in [4.78, 5) is 26.9. The van der Waals surface area contributed by atoms with E-state index in [1.165, 1.54) is 11.3 Å². The molecule has 4 rings (SSSR count). The Kier molecular flexibility index (Phi) is 7.72. The molecule has 1 aliphatic heterocycles. The van der Waals surface area contributed by atoms with Crippen molar-refractivity contribution in [2.24, 2.45) is 0 Å². The van der Waals surface area contributed by atoms with Crippen molar-refractivity contribution in [2.45, 2.75) is 29.6 Å². The molecule has 0 spiro atoms.